The fraction of sp³-hybridized carbons (Fsp3) is 0.957. The van der Waals surface area contributed by atoms with Crippen LogP contribution in [-0.2, 0) is 75.9 Å². The van der Waals surface area contributed by atoms with Crippen molar-refractivity contribution >= 4 is 11.9 Å². The highest BCUT2D eigenvalue weighted by atomic mass is 16.8. The maximum absolute atomic E-state index is 12.2. The molecule has 21 aliphatic heterocycles. The number of aliphatic hydroxyl groups excluding tert-OH is 20. The van der Waals surface area contributed by atoms with E-state index in [4.69, 9.17) is 66.3 Å². The Morgan fingerprint density at radius 2 is 0.477 bits per heavy atom. The van der Waals surface area contributed by atoms with Crippen molar-refractivity contribution in [1.29, 1.82) is 0 Å². The summed E-state index contributed by atoms with van der Waals surface area (Å²) in [6, 6.07) is -1.67. The molecule has 0 aromatic rings. The highest BCUT2D eigenvalue weighted by Gasteiger charge is 2.59. The van der Waals surface area contributed by atoms with Crippen molar-refractivity contribution in [2.24, 2.45) is 0 Å². The molecule has 21 fully saturated rings. The van der Waals surface area contributed by atoms with E-state index in [1.807, 2.05) is 0 Å². The fourth-order valence-corrected chi connectivity index (χ4v) is 11.3. The van der Waals surface area contributed by atoms with Gasteiger partial charge in [0.15, 0.2) is 44.0 Å². The van der Waals surface area contributed by atoms with Gasteiger partial charge in [-0.25, -0.2) is 0 Å². The first-order valence-electron chi connectivity index (χ1n) is 27.4. The first kappa shape index (κ1) is 69.4. The van der Waals surface area contributed by atoms with Crippen LogP contribution in [-0.4, -0.2) is 391 Å². The Labute approximate surface area is 484 Å². The minimum absolute atomic E-state index is 0.547. The minimum atomic E-state index is -2.34. The Morgan fingerprint density at radius 1 is 0.291 bits per heavy atom. The molecule has 39 heteroatoms. The van der Waals surface area contributed by atoms with Gasteiger partial charge in [-0.15, -0.1) is 0 Å². The van der Waals surface area contributed by atoms with Crippen molar-refractivity contribution in [1.82, 2.24) is 5.32 Å². The molecule has 14 bridgehead atoms. The number of nitrogens with one attached hydrogen (secondary N) is 1. The third-order valence-electron chi connectivity index (χ3n) is 16.1. The standard InChI is InChI=1S/C47H77NO38/c49-4-12-34-21(59)28(66)43(75-12)83-36-14(6-51)77-45(30(68)23(36)61)85-38-16(8-53)79-47(32(70)25(38)63)86-39-17(9-54)78-46(31(69)24(39)62)84-37-15(7-52)76-44(29(67)22(37)60)82-35-13(5-50)74-42(27(65)20(35)58)80-33-11(73-41(81-34)26(64)19(33)57)3-48-10(40(71)72)1-2-18(55)56/h10-17,19-39,41-54,57-70H,1-9H2,(H,55,56)(H,71,72)/t10-,11+,12+,13+,14+,15+,16+,17+,19+,20+,21+,22+,23+,24+,25+,26+,27+,28+,29+,30+,31+,32+,33+,34+,35+,36+,37+,38+,39+,41+,42+,43+,44+,45+,46+,47+/m0/s1. The zero-order valence-corrected chi connectivity index (χ0v) is 45.0. The Hall–Kier alpha value is -2.46. The van der Waals surface area contributed by atoms with Gasteiger partial charge in [0.25, 0.3) is 0 Å². The van der Waals surface area contributed by atoms with E-state index in [0.717, 1.165) is 0 Å². The maximum atomic E-state index is 12.2. The Bertz CT molecular complexity index is 2130. The molecule has 0 spiro atoms. The van der Waals surface area contributed by atoms with Gasteiger partial charge in [0.1, 0.15) is 177 Å². The van der Waals surface area contributed by atoms with Crippen LogP contribution in [0, 0.1) is 0 Å². The topological polar surface area (TPSA) is 620 Å². The summed E-state index contributed by atoms with van der Waals surface area (Å²) in [6.45, 7) is -7.36. The molecule has 21 aliphatic rings. The molecule has 21 saturated heterocycles. The van der Waals surface area contributed by atoms with Crippen LogP contribution in [0.2, 0.25) is 0 Å². The number of aliphatic hydroxyl groups is 20. The Kier molecular flexibility index (Phi) is 24.1. The molecule has 498 valence electrons. The molecule has 0 unspecified atom stereocenters. The molecular weight excluding hydrogens is 1190 g/mol. The second-order valence-corrected chi connectivity index (χ2v) is 21.7. The van der Waals surface area contributed by atoms with E-state index in [2.05, 4.69) is 5.32 Å². The number of hydrogen-bond donors (Lipinski definition) is 23. The van der Waals surface area contributed by atoms with Gasteiger partial charge in [0, 0.05) is 13.0 Å². The number of carboxylic acids is 2. The molecule has 21 heterocycles. The second-order valence-electron chi connectivity index (χ2n) is 21.7. The summed E-state index contributed by atoms with van der Waals surface area (Å²) in [7, 11) is 0. The summed E-state index contributed by atoms with van der Waals surface area (Å²) >= 11 is 0. The van der Waals surface area contributed by atoms with Gasteiger partial charge in [-0.05, 0) is 6.42 Å². The summed E-state index contributed by atoms with van der Waals surface area (Å²) in [5.74, 6) is -2.98. The highest BCUT2D eigenvalue weighted by Crippen LogP contribution is 2.39. The summed E-state index contributed by atoms with van der Waals surface area (Å²) in [5.41, 5.74) is 0. The predicted octanol–water partition coefficient (Wildman–Crippen LogP) is -15.3. The third kappa shape index (κ3) is 14.4. The van der Waals surface area contributed by atoms with Crippen LogP contribution >= 0.6 is 0 Å². The molecule has 36 atom stereocenters. The molecule has 21 rings (SSSR count). The van der Waals surface area contributed by atoms with Gasteiger partial charge >= 0.3 is 11.9 Å². The van der Waals surface area contributed by atoms with E-state index in [1.165, 1.54) is 0 Å². The molecular formula is C47H77NO38. The van der Waals surface area contributed by atoms with E-state index >= 15 is 0 Å². The van der Waals surface area contributed by atoms with E-state index in [1.54, 1.807) is 0 Å². The number of hydrogen-bond acceptors (Lipinski definition) is 37. The Balaban J connectivity index is 1.11. The van der Waals surface area contributed by atoms with Gasteiger partial charge in [0.2, 0.25) is 0 Å². The molecule has 0 aromatic heterocycles. The third-order valence-corrected chi connectivity index (χ3v) is 16.1. The summed E-state index contributed by atoms with van der Waals surface area (Å²) in [4.78, 5) is 23.6. The van der Waals surface area contributed by atoms with Crippen LogP contribution in [0.15, 0.2) is 0 Å². The number of rotatable bonds is 13. The predicted molar refractivity (Wildman–Crippen MR) is 258 cm³/mol. The maximum Gasteiger partial charge on any atom is 0.320 e. The molecule has 0 radical (unpaired) electrons. The number of aliphatic carboxylic acids is 2. The summed E-state index contributed by atoms with van der Waals surface area (Å²) in [5, 5.41) is 244. The first-order chi connectivity index (χ1) is 40.8. The number of carbonyl (C=O) groups is 2. The fourth-order valence-electron chi connectivity index (χ4n) is 11.3. The lowest BCUT2D eigenvalue weighted by Crippen LogP contribution is -2.68. The van der Waals surface area contributed by atoms with Crippen molar-refractivity contribution in [2.75, 3.05) is 46.2 Å². The molecule has 0 aromatic carbocycles. The van der Waals surface area contributed by atoms with Crippen LogP contribution in [0.1, 0.15) is 12.8 Å². The van der Waals surface area contributed by atoms with Crippen molar-refractivity contribution in [3.63, 3.8) is 0 Å². The van der Waals surface area contributed by atoms with Gasteiger partial charge in [-0.1, -0.05) is 0 Å². The van der Waals surface area contributed by atoms with Crippen LogP contribution in [0.25, 0.3) is 0 Å². The number of carboxylic acid groups (broad SMARTS) is 2. The van der Waals surface area contributed by atoms with E-state index in [-0.39, 0.29) is 0 Å². The van der Waals surface area contributed by atoms with Crippen molar-refractivity contribution in [3.05, 3.63) is 0 Å². The normalized spacial score (nSPS) is 51.1. The van der Waals surface area contributed by atoms with Crippen molar-refractivity contribution in [2.45, 2.75) is 234 Å². The lowest BCUT2D eigenvalue weighted by molar-refractivity contribution is -0.396. The van der Waals surface area contributed by atoms with Crippen LogP contribution < -0.4 is 5.32 Å². The monoisotopic (exact) mass is 1260 g/mol. The number of ether oxygens (including phenoxy) is 14. The van der Waals surface area contributed by atoms with Crippen molar-refractivity contribution in [3.8, 4) is 0 Å². The van der Waals surface area contributed by atoms with E-state index in [9.17, 15) is 122 Å². The summed E-state index contributed by atoms with van der Waals surface area (Å²) < 4.78 is 80.3. The van der Waals surface area contributed by atoms with Gasteiger partial charge in [-0.3, -0.25) is 9.59 Å². The van der Waals surface area contributed by atoms with Crippen LogP contribution in [0.5, 0.6) is 0 Å². The lowest BCUT2D eigenvalue weighted by Gasteiger charge is -2.50. The van der Waals surface area contributed by atoms with Gasteiger partial charge < -0.3 is 184 Å². The summed E-state index contributed by atoms with van der Waals surface area (Å²) in [6.07, 6.45) is -74.0. The van der Waals surface area contributed by atoms with Crippen molar-refractivity contribution < 1.29 is 188 Å². The van der Waals surface area contributed by atoms with E-state index < -0.39 is 292 Å². The molecule has 0 amide bonds. The van der Waals surface area contributed by atoms with Crippen LogP contribution in [0.3, 0.4) is 0 Å². The molecule has 86 heavy (non-hydrogen) atoms. The lowest BCUT2D eigenvalue weighted by atomic mass is 9.95. The average molecular weight is 1260 g/mol. The largest absolute Gasteiger partial charge is 0.481 e. The SMILES string of the molecule is O=C(O)CC[C@H](NC[C@H]1O[C@@H]2O[C@H]3[C@H](O)[C@@H](O)[C@@H](O[C@H]4[C@H](O)[C@@H](O)[C@@H](O[C@H]5[C@H](O)[C@@H](O)[C@@H](O[C@H]6[C@H](O)[C@@H](O)[C@@H](O[C@H]7[C@H](O)[C@@H](O)[C@@H](O[C@H]8[C@H](O)[C@@H](O)[C@@H](O[C@H]1[C@H](O)[C@H]2O)O[C@@H]8CO)O[C@@H]7CO)O[C@@H]6CO)O[C@@H]5CO)O[C@@H]4CO)O[C@@H]3CO)C(=O)O. The molecule has 39 nitrogen and oxygen atoms in total. The second kappa shape index (κ2) is 29.9. The zero-order valence-electron chi connectivity index (χ0n) is 45.0. The smallest absolute Gasteiger partial charge is 0.320 e. The first-order valence-corrected chi connectivity index (χ1v) is 27.4. The average Bonchev–Trinajstić information content (AvgIpc) is 1.19. The molecule has 0 aliphatic carbocycles. The van der Waals surface area contributed by atoms with Crippen LogP contribution in [0.4, 0.5) is 0 Å². The quantitative estimate of drug-likeness (QED) is 0.0814. The molecule has 23 N–H and O–H groups in total. The van der Waals surface area contributed by atoms with Gasteiger partial charge in [-0.2, -0.15) is 0 Å². The highest BCUT2D eigenvalue weighted by molar-refractivity contribution is 5.75. The Morgan fingerprint density at radius 3 is 0.651 bits per heavy atom. The van der Waals surface area contributed by atoms with Gasteiger partial charge in [0.05, 0.1) is 39.6 Å². The zero-order chi connectivity index (χ0) is 62.9. The molecule has 0 saturated carbocycles. The minimum Gasteiger partial charge on any atom is -0.481 e. The van der Waals surface area contributed by atoms with E-state index in [0.29, 0.717) is 0 Å².